The molecule has 0 aromatic rings. The molecule has 6 heteroatoms. The van der Waals surface area contributed by atoms with Crippen LogP contribution in [0, 0.1) is 0 Å². The molecule has 0 radical (unpaired) electrons. The number of allylic oxidation sites excluding steroid dienone is 10. The van der Waals surface area contributed by atoms with Crippen molar-refractivity contribution < 1.29 is 28.6 Å². The van der Waals surface area contributed by atoms with Crippen LogP contribution in [0.3, 0.4) is 0 Å². The summed E-state index contributed by atoms with van der Waals surface area (Å²) < 4.78 is 16.7. The predicted octanol–water partition coefficient (Wildman–Crippen LogP) is 15.3. The predicted molar refractivity (Wildman–Crippen MR) is 242 cm³/mol. The van der Waals surface area contributed by atoms with E-state index in [1.807, 2.05) is 0 Å². The molecule has 0 saturated heterocycles. The van der Waals surface area contributed by atoms with E-state index in [0.717, 1.165) is 109 Å². The van der Waals surface area contributed by atoms with Gasteiger partial charge in [0.05, 0.1) is 0 Å². The number of hydrogen-bond donors (Lipinski definition) is 0. The molecule has 0 aromatic carbocycles. The molecule has 6 nitrogen and oxygen atoms in total. The smallest absolute Gasteiger partial charge is 0.306 e. The zero-order valence-corrected chi connectivity index (χ0v) is 37.3. The summed E-state index contributed by atoms with van der Waals surface area (Å²) in [6, 6.07) is 0. The summed E-state index contributed by atoms with van der Waals surface area (Å²) in [7, 11) is 0. The molecule has 0 heterocycles. The molecule has 0 fully saturated rings. The van der Waals surface area contributed by atoms with Crippen molar-refractivity contribution in [3.63, 3.8) is 0 Å². The van der Waals surface area contributed by atoms with Gasteiger partial charge in [-0.25, -0.2) is 0 Å². The van der Waals surface area contributed by atoms with Crippen LogP contribution in [0.2, 0.25) is 0 Å². The fraction of sp³-hybridized carbons (Fsp3) is 0.745. The van der Waals surface area contributed by atoms with Crippen LogP contribution in [-0.2, 0) is 28.6 Å². The highest BCUT2D eigenvalue weighted by Gasteiger charge is 2.19. The molecule has 0 N–H and O–H groups in total. The fourth-order valence-electron chi connectivity index (χ4n) is 6.39. The van der Waals surface area contributed by atoms with Crippen LogP contribution < -0.4 is 0 Å². The molecule has 0 amide bonds. The topological polar surface area (TPSA) is 78.9 Å². The lowest BCUT2D eigenvalue weighted by atomic mass is 10.1. The summed E-state index contributed by atoms with van der Waals surface area (Å²) in [6.07, 6.45) is 54.9. The van der Waals surface area contributed by atoms with E-state index in [0.29, 0.717) is 19.3 Å². The summed E-state index contributed by atoms with van der Waals surface area (Å²) in [5.74, 6) is -0.917. The van der Waals surface area contributed by atoms with Crippen LogP contribution in [0.1, 0.15) is 226 Å². The number of carbonyl (C=O) groups excluding carboxylic acids is 3. The first-order chi connectivity index (χ1) is 28.0. The van der Waals surface area contributed by atoms with Crippen LogP contribution in [0.15, 0.2) is 60.8 Å². The third kappa shape index (κ3) is 44.1. The molecule has 0 saturated carbocycles. The molecule has 0 rings (SSSR count). The highest BCUT2D eigenvalue weighted by Crippen LogP contribution is 2.14. The molecule has 328 valence electrons. The first-order valence-corrected chi connectivity index (χ1v) is 23.8. The Bertz CT molecular complexity index is 1050. The maximum absolute atomic E-state index is 12.7. The average molecular weight is 797 g/mol. The Morgan fingerprint density at radius 3 is 1.16 bits per heavy atom. The first kappa shape index (κ1) is 54.1. The van der Waals surface area contributed by atoms with Gasteiger partial charge in [-0.2, -0.15) is 0 Å². The van der Waals surface area contributed by atoms with Gasteiger partial charge in [0.1, 0.15) is 13.2 Å². The molecule has 0 bridgehead atoms. The van der Waals surface area contributed by atoms with Gasteiger partial charge in [-0.15, -0.1) is 0 Å². The maximum Gasteiger partial charge on any atom is 0.306 e. The molecular weight excluding hydrogens is 709 g/mol. The second-order valence-electron chi connectivity index (χ2n) is 15.6. The van der Waals surface area contributed by atoms with Crippen LogP contribution in [-0.4, -0.2) is 37.2 Å². The van der Waals surface area contributed by atoms with E-state index >= 15 is 0 Å². The van der Waals surface area contributed by atoms with Gasteiger partial charge in [0.2, 0.25) is 0 Å². The number of unbranched alkanes of at least 4 members (excludes halogenated alkanes) is 21. The van der Waals surface area contributed by atoms with Gasteiger partial charge in [-0.05, 0) is 96.3 Å². The van der Waals surface area contributed by atoms with Gasteiger partial charge in [0, 0.05) is 19.3 Å². The number of esters is 3. The molecule has 0 aromatic heterocycles. The van der Waals surface area contributed by atoms with Gasteiger partial charge in [-0.3, -0.25) is 14.4 Å². The SMILES string of the molecule is CC/C=C\C/C=C\C/C=C\CCCCCCCCCC(=O)OCC(COC(=O)CCCCCCC/C=C\CCC)OC(=O)CCCCCCC/C=C\CCCCC. The molecular formula is C51H88O6. The van der Waals surface area contributed by atoms with Crippen LogP contribution in [0.4, 0.5) is 0 Å². The Balaban J connectivity index is 4.37. The van der Waals surface area contributed by atoms with Crippen molar-refractivity contribution in [1.82, 2.24) is 0 Å². The van der Waals surface area contributed by atoms with Gasteiger partial charge in [0.15, 0.2) is 6.10 Å². The Morgan fingerprint density at radius 2 is 0.719 bits per heavy atom. The highest BCUT2D eigenvalue weighted by atomic mass is 16.6. The van der Waals surface area contributed by atoms with Crippen molar-refractivity contribution in [3.05, 3.63) is 60.8 Å². The Labute approximate surface area is 351 Å². The minimum Gasteiger partial charge on any atom is -0.462 e. The monoisotopic (exact) mass is 797 g/mol. The maximum atomic E-state index is 12.7. The quantitative estimate of drug-likeness (QED) is 0.0265. The number of ether oxygens (including phenoxy) is 3. The van der Waals surface area contributed by atoms with E-state index < -0.39 is 6.10 Å². The number of carbonyl (C=O) groups is 3. The lowest BCUT2D eigenvalue weighted by Crippen LogP contribution is -2.30. The van der Waals surface area contributed by atoms with E-state index in [4.69, 9.17) is 14.2 Å². The summed E-state index contributed by atoms with van der Waals surface area (Å²) in [4.78, 5) is 37.8. The molecule has 1 unspecified atom stereocenters. The molecule has 57 heavy (non-hydrogen) atoms. The third-order valence-electron chi connectivity index (χ3n) is 9.96. The summed E-state index contributed by atoms with van der Waals surface area (Å²) in [5, 5.41) is 0. The normalized spacial score (nSPS) is 12.5. The fourth-order valence-corrected chi connectivity index (χ4v) is 6.39. The largest absolute Gasteiger partial charge is 0.462 e. The Morgan fingerprint density at radius 1 is 0.368 bits per heavy atom. The van der Waals surface area contributed by atoms with Gasteiger partial charge < -0.3 is 14.2 Å². The van der Waals surface area contributed by atoms with E-state index in [9.17, 15) is 14.4 Å². The van der Waals surface area contributed by atoms with Gasteiger partial charge >= 0.3 is 17.9 Å². The summed E-state index contributed by atoms with van der Waals surface area (Å²) >= 11 is 0. The van der Waals surface area contributed by atoms with Crippen molar-refractivity contribution in [1.29, 1.82) is 0 Å². The molecule has 0 aliphatic heterocycles. The van der Waals surface area contributed by atoms with Crippen molar-refractivity contribution in [2.24, 2.45) is 0 Å². The molecule has 1 atom stereocenters. The number of hydrogen-bond acceptors (Lipinski definition) is 6. The van der Waals surface area contributed by atoms with E-state index in [1.165, 1.54) is 77.0 Å². The van der Waals surface area contributed by atoms with Crippen molar-refractivity contribution in [2.45, 2.75) is 232 Å². The van der Waals surface area contributed by atoms with Crippen molar-refractivity contribution in [2.75, 3.05) is 13.2 Å². The average Bonchev–Trinajstić information content (AvgIpc) is 3.21. The minimum atomic E-state index is -0.783. The highest BCUT2D eigenvalue weighted by molar-refractivity contribution is 5.71. The van der Waals surface area contributed by atoms with E-state index in [1.54, 1.807) is 0 Å². The van der Waals surface area contributed by atoms with E-state index in [-0.39, 0.29) is 31.1 Å². The second-order valence-corrected chi connectivity index (χ2v) is 15.6. The first-order valence-electron chi connectivity index (χ1n) is 23.8. The van der Waals surface area contributed by atoms with Crippen LogP contribution in [0.25, 0.3) is 0 Å². The Kier molecular flexibility index (Phi) is 43.5. The standard InChI is InChI=1S/C51H88O6/c1-4-7-10-13-16-19-22-24-25-26-27-28-30-32-35-38-41-44-50(53)56-47-48(46-55-49(52)43-40-37-34-31-21-18-15-12-9-6-3)57-51(54)45-42-39-36-33-29-23-20-17-14-11-8-5-2/h7,10,12,15-17,19-20,24-25,48H,4-6,8-9,11,13-14,18,21-23,26-47H2,1-3H3/b10-7-,15-12-,19-16-,20-17-,25-24-. The van der Waals surface area contributed by atoms with Crippen molar-refractivity contribution >= 4 is 17.9 Å². The zero-order valence-electron chi connectivity index (χ0n) is 37.3. The van der Waals surface area contributed by atoms with Crippen LogP contribution >= 0.6 is 0 Å². The molecule has 0 spiro atoms. The van der Waals surface area contributed by atoms with Gasteiger partial charge in [-0.1, -0.05) is 171 Å². The minimum absolute atomic E-state index is 0.0856. The van der Waals surface area contributed by atoms with Crippen LogP contribution in [0.5, 0.6) is 0 Å². The summed E-state index contributed by atoms with van der Waals surface area (Å²) in [5.41, 5.74) is 0. The number of rotatable bonds is 42. The van der Waals surface area contributed by atoms with E-state index in [2.05, 4.69) is 81.5 Å². The Hall–Kier alpha value is -2.89. The van der Waals surface area contributed by atoms with Gasteiger partial charge in [0.25, 0.3) is 0 Å². The lowest BCUT2D eigenvalue weighted by molar-refractivity contribution is -0.167. The molecule has 0 aliphatic rings. The summed E-state index contributed by atoms with van der Waals surface area (Å²) in [6.45, 7) is 6.41. The second kappa shape index (κ2) is 45.8. The molecule has 0 aliphatic carbocycles. The zero-order chi connectivity index (χ0) is 41.5. The third-order valence-corrected chi connectivity index (χ3v) is 9.96. The van der Waals surface area contributed by atoms with Crippen molar-refractivity contribution in [3.8, 4) is 0 Å². The lowest BCUT2D eigenvalue weighted by Gasteiger charge is -2.18.